The fourth-order valence-corrected chi connectivity index (χ4v) is 2.00. The standard InChI is InChI=1S/C11H21NO3/c1-11(10(13)14)5-7-12(9-11)6-3-4-8-15-2/h3-9H2,1-2H3,(H,13,14). The number of hydrogen-bond donors (Lipinski definition) is 1. The van der Waals surface area contributed by atoms with E-state index in [4.69, 9.17) is 9.84 Å². The van der Waals surface area contributed by atoms with Gasteiger partial charge in [0.2, 0.25) is 0 Å². The zero-order valence-electron chi connectivity index (χ0n) is 9.66. The molecule has 0 bridgehead atoms. The van der Waals surface area contributed by atoms with Gasteiger partial charge < -0.3 is 14.7 Å². The average molecular weight is 215 g/mol. The molecule has 1 aliphatic heterocycles. The smallest absolute Gasteiger partial charge is 0.310 e. The fraction of sp³-hybridized carbons (Fsp3) is 0.909. The van der Waals surface area contributed by atoms with Crippen LogP contribution in [0.25, 0.3) is 0 Å². The van der Waals surface area contributed by atoms with Crippen LogP contribution in [-0.2, 0) is 9.53 Å². The molecular weight excluding hydrogens is 194 g/mol. The summed E-state index contributed by atoms with van der Waals surface area (Å²) in [6.07, 6.45) is 2.91. The molecule has 1 rings (SSSR count). The monoisotopic (exact) mass is 215 g/mol. The van der Waals surface area contributed by atoms with Crippen LogP contribution < -0.4 is 0 Å². The van der Waals surface area contributed by atoms with Crippen LogP contribution in [0.2, 0.25) is 0 Å². The number of rotatable bonds is 6. The predicted octanol–water partition coefficient (Wildman–Crippen LogP) is 1.21. The first-order chi connectivity index (χ1) is 7.08. The molecule has 1 aliphatic rings. The van der Waals surface area contributed by atoms with Gasteiger partial charge in [-0.25, -0.2) is 0 Å². The molecule has 4 nitrogen and oxygen atoms in total. The van der Waals surface area contributed by atoms with Crippen molar-refractivity contribution in [3.8, 4) is 0 Å². The van der Waals surface area contributed by atoms with Gasteiger partial charge in [-0.3, -0.25) is 4.79 Å². The third-order valence-electron chi connectivity index (χ3n) is 3.14. The van der Waals surface area contributed by atoms with E-state index in [9.17, 15) is 4.79 Å². The van der Waals surface area contributed by atoms with Crippen LogP contribution in [0.5, 0.6) is 0 Å². The van der Waals surface area contributed by atoms with Crippen molar-refractivity contribution >= 4 is 5.97 Å². The third-order valence-corrected chi connectivity index (χ3v) is 3.14. The summed E-state index contributed by atoms with van der Waals surface area (Å²) >= 11 is 0. The Bertz CT molecular complexity index is 220. The van der Waals surface area contributed by atoms with Crippen LogP contribution in [0.15, 0.2) is 0 Å². The van der Waals surface area contributed by atoms with Crippen molar-refractivity contribution in [3.63, 3.8) is 0 Å². The minimum Gasteiger partial charge on any atom is -0.481 e. The normalized spacial score (nSPS) is 27.1. The largest absolute Gasteiger partial charge is 0.481 e. The number of hydrogen-bond acceptors (Lipinski definition) is 3. The maximum atomic E-state index is 11.0. The van der Waals surface area contributed by atoms with Gasteiger partial charge in [-0.2, -0.15) is 0 Å². The lowest BCUT2D eigenvalue weighted by atomic mass is 9.90. The lowest BCUT2D eigenvalue weighted by Crippen LogP contribution is -2.32. The molecule has 1 unspecified atom stereocenters. The maximum absolute atomic E-state index is 11.0. The van der Waals surface area contributed by atoms with Crippen LogP contribution in [0.3, 0.4) is 0 Å². The first-order valence-electron chi connectivity index (χ1n) is 5.53. The Morgan fingerprint density at radius 2 is 2.27 bits per heavy atom. The molecule has 0 amide bonds. The zero-order chi connectivity index (χ0) is 11.3. The van der Waals surface area contributed by atoms with Crippen molar-refractivity contribution in [2.45, 2.75) is 26.2 Å². The summed E-state index contributed by atoms with van der Waals surface area (Å²) in [5, 5.41) is 9.05. The third kappa shape index (κ3) is 3.47. The van der Waals surface area contributed by atoms with Crippen LogP contribution in [-0.4, -0.2) is 49.3 Å². The van der Waals surface area contributed by atoms with E-state index in [0.717, 1.165) is 39.0 Å². The quantitative estimate of drug-likeness (QED) is 0.677. The van der Waals surface area contributed by atoms with Gasteiger partial charge in [0.15, 0.2) is 0 Å². The molecule has 0 aromatic heterocycles. The Kier molecular flexibility index (Phi) is 4.54. The highest BCUT2D eigenvalue weighted by Crippen LogP contribution is 2.29. The second kappa shape index (κ2) is 5.47. The highest BCUT2D eigenvalue weighted by Gasteiger charge is 2.39. The summed E-state index contributed by atoms with van der Waals surface area (Å²) in [6, 6.07) is 0. The van der Waals surface area contributed by atoms with E-state index in [2.05, 4.69) is 4.90 Å². The van der Waals surface area contributed by atoms with Crippen molar-refractivity contribution < 1.29 is 14.6 Å². The molecule has 0 spiro atoms. The van der Waals surface area contributed by atoms with Gasteiger partial charge in [0.1, 0.15) is 0 Å². The van der Waals surface area contributed by atoms with Crippen LogP contribution in [0.4, 0.5) is 0 Å². The minimum atomic E-state index is -0.665. The molecule has 1 saturated heterocycles. The van der Waals surface area contributed by atoms with E-state index in [0.29, 0.717) is 6.54 Å². The summed E-state index contributed by atoms with van der Waals surface area (Å²) in [7, 11) is 1.71. The van der Waals surface area contributed by atoms with E-state index in [-0.39, 0.29) is 0 Å². The van der Waals surface area contributed by atoms with Crippen molar-refractivity contribution in [1.82, 2.24) is 4.90 Å². The lowest BCUT2D eigenvalue weighted by Gasteiger charge is -2.19. The Balaban J connectivity index is 2.22. The second-order valence-electron chi connectivity index (χ2n) is 4.59. The van der Waals surface area contributed by atoms with Gasteiger partial charge >= 0.3 is 5.97 Å². The number of methoxy groups -OCH3 is 1. The molecule has 88 valence electrons. The second-order valence-corrected chi connectivity index (χ2v) is 4.59. The van der Waals surface area contributed by atoms with Gasteiger partial charge in [0.05, 0.1) is 5.41 Å². The number of carboxylic acid groups (broad SMARTS) is 1. The summed E-state index contributed by atoms with van der Waals surface area (Å²) in [4.78, 5) is 13.2. The average Bonchev–Trinajstić information content (AvgIpc) is 2.57. The zero-order valence-corrected chi connectivity index (χ0v) is 9.66. The van der Waals surface area contributed by atoms with E-state index >= 15 is 0 Å². The Labute approximate surface area is 91.2 Å². The minimum absolute atomic E-state index is 0.527. The van der Waals surface area contributed by atoms with Crippen molar-refractivity contribution in [2.75, 3.05) is 33.4 Å². The van der Waals surface area contributed by atoms with E-state index in [1.165, 1.54) is 0 Å². The Morgan fingerprint density at radius 1 is 1.53 bits per heavy atom. The summed E-state index contributed by atoms with van der Waals surface area (Å²) in [6.45, 7) is 5.23. The van der Waals surface area contributed by atoms with Gasteiger partial charge in [-0.05, 0) is 39.3 Å². The van der Waals surface area contributed by atoms with E-state index < -0.39 is 11.4 Å². The molecule has 1 heterocycles. The molecule has 1 N–H and O–H groups in total. The number of ether oxygens (including phenoxy) is 1. The topological polar surface area (TPSA) is 49.8 Å². The molecule has 0 aromatic rings. The SMILES string of the molecule is COCCCCN1CCC(C)(C(=O)O)C1. The first-order valence-corrected chi connectivity index (χ1v) is 5.53. The molecule has 1 atom stereocenters. The maximum Gasteiger partial charge on any atom is 0.310 e. The van der Waals surface area contributed by atoms with E-state index in [1.54, 1.807) is 7.11 Å². The van der Waals surface area contributed by atoms with Crippen LogP contribution in [0.1, 0.15) is 26.2 Å². The Hall–Kier alpha value is -0.610. The molecule has 15 heavy (non-hydrogen) atoms. The number of aliphatic carboxylic acids is 1. The molecule has 0 radical (unpaired) electrons. The van der Waals surface area contributed by atoms with Crippen LogP contribution in [0, 0.1) is 5.41 Å². The highest BCUT2D eigenvalue weighted by molar-refractivity contribution is 5.74. The predicted molar refractivity (Wildman–Crippen MR) is 57.9 cm³/mol. The van der Waals surface area contributed by atoms with Crippen molar-refractivity contribution in [3.05, 3.63) is 0 Å². The number of carbonyl (C=O) groups is 1. The van der Waals surface area contributed by atoms with Crippen LogP contribution >= 0.6 is 0 Å². The van der Waals surface area contributed by atoms with Gasteiger partial charge in [-0.1, -0.05) is 0 Å². The highest BCUT2D eigenvalue weighted by atomic mass is 16.5. The molecule has 0 saturated carbocycles. The summed E-state index contributed by atoms with van der Waals surface area (Å²) in [5.41, 5.74) is -0.527. The number of unbranched alkanes of at least 4 members (excludes halogenated alkanes) is 1. The number of carboxylic acids is 1. The Morgan fingerprint density at radius 3 is 2.80 bits per heavy atom. The molecule has 0 aliphatic carbocycles. The van der Waals surface area contributed by atoms with Crippen molar-refractivity contribution in [1.29, 1.82) is 0 Å². The number of likely N-dealkylation sites (tertiary alicyclic amines) is 1. The number of nitrogens with zero attached hydrogens (tertiary/aromatic N) is 1. The van der Waals surface area contributed by atoms with Gasteiger partial charge in [-0.15, -0.1) is 0 Å². The molecule has 4 heteroatoms. The summed E-state index contributed by atoms with van der Waals surface area (Å²) < 4.78 is 4.97. The van der Waals surface area contributed by atoms with Crippen molar-refractivity contribution in [2.24, 2.45) is 5.41 Å². The lowest BCUT2D eigenvalue weighted by molar-refractivity contribution is -0.147. The molecular formula is C11H21NO3. The molecule has 0 aromatic carbocycles. The fourth-order valence-electron chi connectivity index (χ4n) is 2.00. The first kappa shape index (κ1) is 12.5. The van der Waals surface area contributed by atoms with Gasteiger partial charge in [0, 0.05) is 20.3 Å². The van der Waals surface area contributed by atoms with E-state index in [1.807, 2.05) is 6.92 Å². The van der Waals surface area contributed by atoms with Gasteiger partial charge in [0.25, 0.3) is 0 Å². The summed E-state index contributed by atoms with van der Waals surface area (Å²) in [5.74, 6) is -0.665. The molecule has 1 fully saturated rings.